The van der Waals surface area contributed by atoms with Crippen LogP contribution in [0.3, 0.4) is 0 Å². The molecule has 2 rings (SSSR count). The molecule has 1 aromatic heterocycles. The minimum absolute atomic E-state index is 0. The van der Waals surface area contributed by atoms with E-state index in [0.717, 1.165) is 28.5 Å². The molecule has 1 heterocycles. The number of amides is 1. The predicted molar refractivity (Wildman–Crippen MR) is 83.3 cm³/mol. The third-order valence-electron chi connectivity index (χ3n) is 3.70. The van der Waals surface area contributed by atoms with Crippen LogP contribution in [-0.2, 0) is 4.79 Å². The van der Waals surface area contributed by atoms with Gasteiger partial charge in [-0.05, 0) is 44.4 Å². The van der Waals surface area contributed by atoms with Crippen molar-refractivity contribution in [1.29, 1.82) is 0 Å². The second-order valence-corrected chi connectivity index (χ2v) is 6.65. The second kappa shape index (κ2) is 7.48. The summed E-state index contributed by atoms with van der Waals surface area (Å²) in [5.41, 5.74) is 5.72. The molecule has 1 fully saturated rings. The monoisotopic (exact) mass is 322 g/mol. The Hall–Kier alpha value is -0.290. The fourth-order valence-electron chi connectivity index (χ4n) is 2.51. The van der Waals surface area contributed by atoms with Gasteiger partial charge >= 0.3 is 0 Å². The van der Waals surface area contributed by atoms with E-state index >= 15 is 0 Å². The van der Waals surface area contributed by atoms with Crippen LogP contribution in [0.4, 0.5) is 0 Å². The lowest BCUT2D eigenvalue weighted by atomic mass is 10.0. The van der Waals surface area contributed by atoms with Gasteiger partial charge in [-0.3, -0.25) is 4.79 Å². The molecule has 0 radical (unpaired) electrons. The zero-order valence-electron chi connectivity index (χ0n) is 10.9. The van der Waals surface area contributed by atoms with Gasteiger partial charge in [0.05, 0.1) is 10.3 Å². The lowest BCUT2D eigenvalue weighted by Gasteiger charge is -2.21. The first-order valence-corrected chi connectivity index (χ1v) is 7.57. The van der Waals surface area contributed by atoms with Gasteiger partial charge in [0.2, 0.25) is 5.91 Å². The van der Waals surface area contributed by atoms with E-state index in [0.29, 0.717) is 12.5 Å². The van der Waals surface area contributed by atoms with E-state index in [1.54, 1.807) is 0 Å². The van der Waals surface area contributed by atoms with Crippen molar-refractivity contribution in [1.82, 2.24) is 5.32 Å². The number of nitrogens with one attached hydrogen (secondary N) is 1. The number of thiophene rings is 1. The highest BCUT2D eigenvalue weighted by Gasteiger charge is 2.29. The topological polar surface area (TPSA) is 55.1 Å². The summed E-state index contributed by atoms with van der Waals surface area (Å²) >= 11 is 7.36. The Labute approximate surface area is 129 Å². The van der Waals surface area contributed by atoms with E-state index in [1.165, 1.54) is 11.3 Å². The van der Waals surface area contributed by atoms with Crippen molar-refractivity contribution in [2.75, 3.05) is 6.54 Å². The van der Waals surface area contributed by atoms with E-state index < -0.39 is 0 Å². The standard InChI is InChI=1S/C13H19ClN2OS.ClH/c1-8(11-5-6-12(14)18-11)13(17)16-10-4-2-3-9(10)7-15;/h5-6,8-10H,2-4,7,15H2,1H3,(H,16,17);1H. The van der Waals surface area contributed by atoms with Crippen LogP contribution in [0.15, 0.2) is 12.1 Å². The molecule has 0 aromatic carbocycles. The van der Waals surface area contributed by atoms with Crippen LogP contribution in [0, 0.1) is 5.92 Å². The normalized spacial score (nSPS) is 23.7. The minimum Gasteiger partial charge on any atom is -0.352 e. The minimum atomic E-state index is -0.137. The van der Waals surface area contributed by atoms with Crippen molar-refractivity contribution in [2.45, 2.75) is 38.1 Å². The van der Waals surface area contributed by atoms with Gasteiger partial charge in [0, 0.05) is 10.9 Å². The number of nitrogens with two attached hydrogens (primary N) is 1. The maximum absolute atomic E-state index is 12.2. The Morgan fingerprint density at radius 2 is 2.32 bits per heavy atom. The zero-order valence-corrected chi connectivity index (χ0v) is 13.3. The number of rotatable bonds is 4. The molecular formula is C13H20Cl2N2OS. The summed E-state index contributed by atoms with van der Waals surface area (Å²) in [5.74, 6) is 0.383. The fraction of sp³-hybridized carbons (Fsp3) is 0.615. The van der Waals surface area contributed by atoms with Crippen LogP contribution in [0.25, 0.3) is 0 Å². The molecule has 3 N–H and O–H groups in total. The van der Waals surface area contributed by atoms with Gasteiger partial charge in [0.15, 0.2) is 0 Å². The molecular weight excluding hydrogens is 303 g/mol. The van der Waals surface area contributed by atoms with Crippen LogP contribution in [0.5, 0.6) is 0 Å². The molecule has 0 spiro atoms. The summed E-state index contributed by atoms with van der Waals surface area (Å²) in [4.78, 5) is 13.2. The van der Waals surface area contributed by atoms with Crippen LogP contribution < -0.4 is 11.1 Å². The average molecular weight is 323 g/mol. The van der Waals surface area contributed by atoms with Gasteiger partial charge in [-0.2, -0.15) is 0 Å². The Morgan fingerprint density at radius 1 is 1.58 bits per heavy atom. The summed E-state index contributed by atoms with van der Waals surface area (Å²) in [5, 5.41) is 3.13. The van der Waals surface area contributed by atoms with Gasteiger partial charge in [-0.1, -0.05) is 18.0 Å². The highest BCUT2D eigenvalue weighted by molar-refractivity contribution is 7.16. The van der Waals surface area contributed by atoms with Crippen molar-refractivity contribution >= 4 is 41.3 Å². The molecule has 1 amide bonds. The molecule has 1 aliphatic rings. The molecule has 3 unspecified atom stereocenters. The maximum Gasteiger partial charge on any atom is 0.228 e. The molecule has 108 valence electrons. The van der Waals surface area contributed by atoms with Crippen LogP contribution in [-0.4, -0.2) is 18.5 Å². The summed E-state index contributed by atoms with van der Waals surface area (Å²) in [7, 11) is 0. The van der Waals surface area contributed by atoms with Crippen LogP contribution >= 0.6 is 35.3 Å². The highest BCUT2D eigenvalue weighted by atomic mass is 35.5. The summed E-state index contributed by atoms with van der Waals surface area (Å²) in [6, 6.07) is 4.01. The quantitative estimate of drug-likeness (QED) is 0.894. The summed E-state index contributed by atoms with van der Waals surface area (Å²) in [6.07, 6.45) is 3.33. The first kappa shape index (κ1) is 16.8. The van der Waals surface area contributed by atoms with Gasteiger partial charge in [-0.15, -0.1) is 23.7 Å². The van der Waals surface area contributed by atoms with Gasteiger partial charge in [-0.25, -0.2) is 0 Å². The van der Waals surface area contributed by atoms with E-state index in [-0.39, 0.29) is 30.3 Å². The third kappa shape index (κ3) is 4.09. The van der Waals surface area contributed by atoms with Crippen molar-refractivity contribution < 1.29 is 4.79 Å². The predicted octanol–water partition coefficient (Wildman–Crippen LogP) is 3.17. The summed E-state index contributed by atoms with van der Waals surface area (Å²) < 4.78 is 0.727. The Kier molecular flexibility index (Phi) is 6.60. The molecule has 1 saturated carbocycles. The van der Waals surface area contributed by atoms with E-state index in [9.17, 15) is 4.79 Å². The highest BCUT2D eigenvalue weighted by Crippen LogP contribution is 2.29. The Balaban J connectivity index is 0.00000180. The van der Waals surface area contributed by atoms with Gasteiger partial charge in [0.1, 0.15) is 0 Å². The molecule has 6 heteroatoms. The first-order chi connectivity index (χ1) is 8.61. The van der Waals surface area contributed by atoms with Gasteiger partial charge < -0.3 is 11.1 Å². The molecule has 1 aliphatic carbocycles. The van der Waals surface area contributed by atoms with Crippen molar-refractivity contribution in [3.8, 4) is 0 Å². The molecule has 0 saturated heterocycles. The lowest BCUT2D eigenvalue weighted by molar-refractivity contribution is -0.123. The van der Waals surface area contributed by atoms with Crippen LogP contribution in [0.2, 0.25) is 4.34 Å². The maximum atomic E-state index is 12.2. The third-order valence-corrected chi connectivity index (χ3v) is 5.12. The number of carbonyl (C=O) groups excluding carboxylic acids is 1. The Bertz CT molecular complexity index is 425. The first-order valence-electron chi connectivity index (χ1n) is 6.37. The van der Waals surface area contributed by atoms with Crippen LogP contribution in [0.1, 0.15) is 37.0 Å². The Morgan fingerprint density at radius 3 is 2.89 bits per heavy atom. The lowest BCUT2D eigenvalue weighted by Crippen LogP contribution is -2.41. The molecule has 3 atom stereocenters. The number of carbonyl (C=O) groups is 1. The summed E-state index contributed by atoms with van der Waals surface area (Å²) in [6.45, 7) is 2.58. The largest absolute Gasteiger partial charge is 0.352 e. The fourth-order valence-corrected chi connectivity index (χ4v) is 3.62. The van der Waals surface area contributed by atoms with Crippen molar-refractivity contribution in [3.05, 3.63) is 21.3 Å². The zero-order chi connectivity index (χ0) is 13.1. The van der Waals surface area contributed by atoms with Crippen molar-refractivity contribution in [2.24, 2.45) is 11.7 Å². The molecule has 1 aromatic rings. The molecule has 3 nitrogen and oxygen atoms in total. The smallest absolute Gasteiger partial charge is 0.228 e. The average Bonchev–Trinajstić information content (AvgIpc) is 2.96. The SMILES string of the molecule is CC(C(=O)NC1CCCC1CN)c1ccc(Cl)s1.Cl. The number of halogens is 2. The molecule has 19 heavy (non-hydrogen) atoms. The van der Waals surface area contributed by atoms with E-state index in [2.05, 4.69) is 5.32 Å². The van der Waals surface area contributed by atoms with E-state index in [1.807, 2.05) is 19.1 Å². The van der Waals surface area contributed by atoms with Crippen molar-refractivity contribution in [3.63, 3.8) is 0 Å². The number of hydrogen-bond donors (Lipinski definition) is 2. The molecule has 0 aliphatic heterocycles. The number of hydrogen-bond acceptors (Lipinski definition) is 3. The second-order valence-electron chi connectivity index (χ2n) is 4.91. The van der Waals surface area contributed by atoms with E-state index in [4.69, 9.17) is 17.3 Å². The molecule has 0 bridgehead atoms. The van der Waals surface area contributed by atoms with Gasteiger partial charge in [0.25, 0.3) is 0 Å².